The van der Waals surface area contributed by atoms with Crippen LogP contribution >= 0.6 is 0 Å². The first-order chi connectivity index (χ1) is 34.2. The fourth-order valence-corrected chi connectivity index (χ4v) is 10.7. The first kappa shape index (κ1) is 38.9. The Morgan fingerprint density at radius 3 is 1.12 bits per heavy atom. The number of para-hydroxylation sites is 4. The van der Waals surface area contributed by atoms with Gasteiger partial charge in [0.1, 0.15) is 0 Å². The number of hydrogen-bond acceptors (Lipinski definition) is 2. The van der Waals surface area contributed by atoms with Gasteiger partial charge in [-0.25, -0.2) is 9.97 Å². The van der Waals surface area contributed by atoms with E-state index in [0.29, 0.717) is 5.82 Å². The molecule has 0 radical (unpaired) electrons. The lowest BCUT2D eigenvalue weighted by molar-refractivity contribution is 1.16. The van der Waals surface area contributed by atoms with Crippen LogP contribution in [0.3, 0.4) is 0 Å². The quantitative estimate of drug-likeness (QED) is 0.160. The molecule has 4 aromatic heterocycles. The zero-order valence-corrected chi connectivity index (χ0v) is 37.4. The Morgan fingerprint density at radius 1 is 0.217 bits per heavy atom. The fourth-order valence-electron chi connectivity index (χ4n) is 10.7. The van der Waals surface area contributed by atoms with Gasteiger partial charge in [-0.05, 0) is 102 Å². The molecule has 5 nitrogen and oxygen atoms in total. The lowest BCUT2D eigenvalue weighted by atomic mass is 10.0. The summed E-state index contributed by atoms with van der Waals surface area (Å²) in [5.74, 6) is 0.703. The predicted molar refractivity (Wildman–Crippen MR) is 287 cm³/mol. The molecule has 0 aliphatic heterocycles. The molecular formula is C64H41N5. The Kier molecular flexibility index (Phi) is 8.83. The molecule has 14 rings (SSSR count). The van der Waals surface area contributed by atoms with Gasteiger partial charge in [0.2, 0.25) is 0 Å². The van der Waals surface area contributed by atoms with Crippen molar-refractivity contribution < 1.29 is 0 Å². The fraction of sp³-hybridized carbons (Fsp3) is 0. The molecule has 0 spiro atoms. The minimum atomic E-state index is 0.703. The van der Waals surface area contributed by atoms with Crippen molar-refractivity contribution in [2.24, 2.45) is 0 Å². The van der Waals surface area contributed by atoms with Crippen LogP contribution in [0.15, 0.2) is 249 Å². The lowest BCUT2D eigenvalue weighted by Crippen LogP contribution is -1.97. The van der Waals surface area contributed by atoms with Crippen molar-refractivity contribution in [1.29, 1.82) is 0 Å². The standard InChI is InChI=1S/C64H41N5/c1-4-16-42(17-5-1)56-41-57(66-64(65-56)44-18-6-2-7-19-44)43-28-32-48(33-29-43)68-62-36-31-46(45-30-35-61-53(38-45)52-24-12-15-27-60(52)67(61)47-20-8-3-9-21-47)39-54(62)55-40-49(34-37-63(55)68)69-58-25-13-10-22-50(58)51-23-11-14-26-59(51)69/h1-41H. The average molecular weight is 880 g/mol. The molecule has 5 heteroatoms. The summed E-state index contributed by atoms with van der Waals surface area (Å²) in [5.41, 5.74) is 17.6. The van der Waals surface area contributed by atoms with Gasteiger partial charge >= 0.3 is 0 Å². The molecule has 4 heterocycles. The number of aromatic nitrogens is 5. The Bertz CT molecular complexity index is 4170. The summed E-state index contributed by atoms with van der Waals surface area (Å²) in [7, 11) is 0. The van der Waals surface area contributed by atoms with Crippen molar-refractivity contribution in [3.63, 3.8) is 0 Å². The third-order valence-electron chi connectivity index (χ3n) is 13.9. The van der Waals surface area contributed by atoms with Crippen LogP contribution in [-0.2, 0) is 0 Å². The first-order valence-corrected chi connectivity index (χ1v) is 23.5. The molecule has 0 N–H and O–H groups in total. The predicted octanol–water partition coefficient (Wildman–Crippen LogP) is 16.4. The van der Waals surface area contributed by atoms with Gasteiger partial charge in [-0.3, -0.25) is 0 Å². The van der Waals surface area contributed by atoms with Crippen molar-refractivity contribution in [2.75, 3.05) is 0 Å². The van der Waals surface area contributed by atoms with Crippen molar-refractivity contribution in [1.82, 2.24) is 23.7 Å². The normalized spacial score (nSPS) is 11.8. The minimum Gasteiger partial charge on any atom is -0.309 e. The third kappa shape index (κ3) is 6.32. The lowest BCUT2D eigenvalue weighted by Gasteiger charge is -2.12. The molecule has 14 aromatic rings. The average Bonchev–Trinajstić information content (AvgIpc) is 4.06. The van der Waals surface area contributed by atoms with E-state index >= 15 is 0 Å². The van der Waals surface area contributed by atoms with Crippen LogP contribution in [0, 0.1) is 0 Å². The summed E-state index contributed by atoms with van der Waals surface area (Å²) in [4.78, 5) is 10.2. The van der Waals surface area contributed by atoms with E-state index in [2.05, 4.69) is 238 Å². The Hall–Kier alpha value is -9.32. The van der Waals surface area contributed by atoms with E-state index in [1.807, 2.05) is 24.3 Å². The first-order valence-electron chi connectivity index (χ1n) is 23.5. The third-order valence-corrected chi connectivity index (χ3v) is 13.9. The molecule has 69 heavy (non-hydrogen) atoms. The van der Waals surface area contributed by atoms with Crippen LogP contribution in [0.25, 0.3) is 128 Å². The molecule has 10 aromatic carbocycles. The van der Waals surface area contributed by atoms with Crippen LogP contribution in [0.2, 0.25) is 0 Å². The highest BCUT2D eigenvalue weighted by Crippen LogP contribution is 2.41. The van der Waals surface area contributed by atoms with Gasteiger partial charge in [-0.1, -0.05) is 158 Å². The van der Waals surface area contributed by atoms with Gasteiger partial charge in [0.25, 0.3) is 0 Å². The number of benzene rings is 10. The Morgan fingerprint density at radius 2 is 0.565 bits per heavy atom. The van der Waals surface area contributed by atoms with E-state index in [9.17, 15) is 0 Å². The van der Waals surface area contributed by atoms with Crippen molar-refractivity contribution in [3.05, 3.63) is 249 Å². The molecule has 0 atom stereocenters. The van der Waals surface area contributed by atoms with Crippen LogP contribution < -0.4 is 0 Å². The zero-order valence-electron chi connectivity index (χ0n) is 37.4. The van der Waals surface area contributed by atoms with E-state index in [1.54, 1.807) is 0 Å². The van der Waals surface area contributed by atoms with Crippen LogP contribution in [0.4, 0.5) is 0 Å². The van der Waals surface area contributed by atoms with E-state index in [-0.39, 0.29) is 0 Å². The van der Waals surface area contributed by atoms with Crippen LogP contribution in [0.1, 0.15) is 0 Å². The van der Waals surface area contributed by atoms with E-state index in [1.165, 1.54) is 65.5 Å². The molecule has 0 bridgehead atoms. The number of fused-ring (bicyclic) bond motifs is 9. The van der Waals surface area contributed by atoms with Crippen molar-refractivity contribution >= 4 is 65.4 Å². The van der Waals surface area contributed by atoms with Crippen molar-refractivity contribution in [2.45, 2.75) is 0 Å². The van der Waals surface area contributed by atoms with Gasteiger partial charge in [0.05, 0.1) is 44.5 Å². The molecule has 0 aliphatic rings. The Labute approximate surface area is 398 Å². The van der Waals surface area contributed by atoms with E-state index in [4.69, 9.17) is 9.97 Å². The monoisotopic (exact) mass is 879 g/mol. The van der Waals surface area contributed by atoms with E-state index in [0.717, 1.165) is 56.2 Å². The number of hydrogen-bond donors (Lipinski definition) is 0. The molecule has 322 valence electrons. The molecule has 0 fully saturated rings. The van der Waals surface area contributed by atoms with Gasteiger partial charge < -0.3 is 13.7 Å². The summed E-state index contributed by atoms with van der Waals surface area (Å²) in [6.45, 7) is 0. The summed E-state index contributed by atoms with van der Waals surface area (Å²) in [5, 5.41) is 7.35. The number of nitrogens with zero attached hydrogens (tertiary/aromatic N) is 5. The largest absolute Gasteiger partial charge is 0.309 e. The smallest absolute Gasteiger partial charge is 0.160 e. The maximum absolute atomic E-state index is 5.14. The second-order valence-corrected chi connectivity index (χ2v) is 17.8. The SMILES string of the molecule is c1ccc(-c2cc(-c3ccc(-n4c5ccc(-c6ccc7c(c6)c6ccccc6n7-c6ccccc6)cc5c5cc(-n6c7ccccc7c7ccccc76)ccc54)cc3)nc(-c3ccccc3)n2)cc1. The summed E-state index contributed by atoms with van der Waals surface area (Å²) in [6, 6.07) is 89.3. The Balaban J connectivity index is 0.950. The molecule has 0 amide bonds. The molecule has 0 unspecified atom stereocenters. The molecule has 0 saturated carbocycles. The second-order valence-electron chi connectivity index (χ2n) is 17.8. The van der Waals surface area contributed by atoms with Gasteiger partial charge in [-0.2, -0.15) is 0 Å². The molecular weight excluding hydrogens is 839 g/mol. The highest BCUT2D eigenvalue weighted by atomic mass is 15.0. The maximum atomic E-state index is 5.14. The minimum absolute atomic E-state index is 0.703. The summed E-state index contributed by atoms with van der Waals surface area (Å²) < 4.78 is 7.20. The highest BCUT2D eigenvalue weighted by Gasteiger charge is 2.19. The topological polar surface area (TPSA) is 40.6 Å². The van der Waals surface area contributed by atoms with Gasteiger partial charge in [0, 0.05) is 66.1 Å². The van der Waals surface area contributed by atoms with Gasteiger partial charge in [-0.15, -0.1) is 0 Å². The zero-order chi connectivity index (χ0) is 45.4. The van der Waals surface area contributed by atoms with Gasteiger partial charge in [0.15, 0.2) is 5.82 Å². The summed E-state index contributed by atoms with van der Waals surface area (Å²) in [6.07, 6.45) is 0. The molecule has 0 saturated heterocycles. The molecule has 0 aliphatic carbocycles. The van der Waals surface area contributed by atoms with Crippen LogP contribution in [-0.4, -0.2) is 23.7 Å². The van der Waals surface area contributed by atoms with E-state index < -0.39 is 0 Å². The summed E-state index contributed by atoms with van der Waals surface area (Å²) >= 11 is 0. The highest BCUT2D eigenvalue weighted by molar-refractivity contribution is 6.14. The van der Waals surface area contributed by atoms with Crippen LogP contribution in [0.5, 0.6) is 0 Å². The number of rotatable bonds is 7. The second kappa shape index (κ2) is 15.7. The van der Waals surface area contributed by atoms with Crippen molar-refractivity contribution in [3.8, 4) is 62.1 Å². The maximum Gasteiger partial charge on any atom is 0.160 e.